The zero-order chi connectivity index (χ0) is 23.7. The molecule has 0 saturated carbocycles. The minimum absolute atomic E-state index is 0.211. The van der Waals surface area contributed by atoms with Crippen molar-refractivity contribution in [1.82, 2.24) is 4.57 Å². The molecule has 1 aliphatic heterocycles. The molecular formula is C25H23BrN2O4S. The molecule has 0 saturated heterocycles. The van der Waals surface area contributed by atoms with Gasteiger partial charge in [0.25, 0.3) is 5.56 Å². The molecule has 8 heteroatoms. The highest BCUT2D eigenvalue weighted by atomic mass is 79.9. The van der Waals surface area contributed by atoms with E-state index in [0.717, 1.165) is 26.9 Å². The molecule has 33 heavy (non-hydrogen) atoms. The van der Waals surface area contributed by atoms with E-state index >= 15 is 0 Å². The number of hydrogen-bond acceptors (Lipinski definition) is 6. The maximum atomic E-state index is 13.6. The van der Waals surface area contributed by atoms with Crippen molar-refractivity contribution in [2.75, 3.05) is 13.7 Å². The average Bonchev–Trinajstić information content (AvgIpc) is 3.08. The normalized spacial score (nSPS) is 15.8. The van der Waals surface area contributed by atoms with Crippen LogP contribution in [0.15, 0.2) is 68.0 Å². The van der Waals surface area contributed by atoms with Gasteiger partial charge in [0.05, 0.1) is 35.6 Å². The third-order valence-electron chi connectivity index (χ3n) is 5.41. The minimum atomic E-state index is -0.632. The second kappa shape index (κ2) is 9.49. The maximum absolute atomic E-state index is 13.6. The number of carbonyl (C=O) groups is 1. The van der Waals surface area contributed by atoms with Crippen LogP contribution < -0.4 is 19.6 Å². The monoisotopic (exact) mass is 526 g/mol. The Bertz CT molecular complexity index is 1450. The molecule has 0 radical (unpaired) electrons. The summed E-state index contributed by atoms with van der Waals surface area (Å²) in [5, 5.41) is 0. The van der Waals surface area contributed by atoms with Crippen molar-refractivity contribution in [3.05, 3.63) is 94.6 Å². The molecule has 1 aromatic heterocycles. The third kappa shape index (κ3) is 4.45. The number of halogens is 1. The summed E-state index contributed by atoms with van der Waals surface area (Å²) in [5.74, 6) is 0.283. The molecule has 2 heterocycles. The van der Waals surface area contributed by atoms with Crippen LogP contribution in [-0.4, -0.2) is 24.3 Å². The molecule has 0 spiro atoms. The molecule has 2 aromatic carbocycles. The highest BCUT2D eigenvalue weighted by Gasteiger charge is 2.33. The van der Waals surface area contributed by atoms with Gasteiger partial charge in [0.15, 0.2) is 4.80 Å². The number of allylic oxidation sites excluding steroid dienone is 1. The first-order valence-electron chi connectivity index (χ1n) is 10.4. The zero-order valence-electron chi connectivity index (χ0n) is 18.7. The van der Waals surface area contributed by atoms with Gasteiger partial charge in [-0.3, -0.25) is 9.36 Å². The van der Waals surface area contributed by atoms with Crippen molar-refractivity contribution in [2.24, 2.45) is 4.99 Å². The van der Waals surface area contributed by atoms with E-state index in [2.05, 4.69) is 20.9 Å². The lowest BCUT2D eigenvalue weighted by atomic mass is 9.96. The van der Waals surface area contributed by atoms with Crippen molar-refractivity contribution in [1.29, 1.82) is 0 Å². The Balaban J connectivity index is 1.95. The first-order valence-corrected chi connectivity index (χ1v) is 12.0. The van der Waals surface area contributed by atoms with E-state index < -0.39 is 12.0 Å². The predicted molar refractivity (Wildman–Crippen MR) is 132 cm³/mol. The van der Waals surface area contributed by atoms with Gasteiger partial charge < -0.3 is 9.47 Å². The van der Waals surface area contributed by atoms with Gasteiger partial charge in [0, 0.05) is 4.47 Å². The summed E-state index contributed by atoms with van der Waals surface area (Å²) in [6.07, 6.45) is 1.83. The number of ether oxygens (including phenoxy) is 2. The molecule has 4 rings (SSSR count). The smallest absolute Gasteiger partial charge is 0.338 e. The Hall–Kier alpha value is -2.97. The summed E-state index contributed by atoms with van der Waals surface area (Å²) in [4.78, 5) is 31.7. The van der Waals surface area contributed by atoms with E-state index in [1.165, 1.54) is 11.3 Å². The third-order valence-corrected chi connectivity index (χ3v) is 6.89. The van der Waals surface area contributed by atoms with E-state index in [1.807, 2.05) is 55.5 Å². The number of esters is 1. The SMILES string of the molecule is CCOC(=O)C1=C(C)N=c2s/c(=C\c3ccc(C)c(OC)c3)c(=O)n2[C@@H]1c1cccc(Br)c1. The topological polar surface area (TPSA) is 69.9 Å². The summed E-state index contributed by atoms with van der Waals surface area (Å²) in [7, 11) is 1.62. The molecular weight excluding hydrogens is 504 g/mol. The van der Waals surface area contributed by atoms with Crippen LogP contribution in [-0.2, 0) is 9.53 Å². The number of thiazole rings is 1. The predicted octanol–water partition coefficient (Wildman–Crippen LogP) is 3.88. The van der Waals surface area contributed by atoms with Crippen LogP contribution >= 0.6 is 27.3 Å². The summed E-state index contributed by atoms with van der Waals surface area (Å²) < 4.78 is 13.7. The van der Waals surface area contributed by atoms with Crippen LogP contribution in [0.5, 0.6) is 5.75 Å². The Labute approximate surface area is 203 Å². The van der Waals surface area contributed by atoms with Crippen LogP contribution in [0.4, 0.5) is 0 Å². The van der Waals surface area contributed by atoms with Crippen LogP contribution in [0.1, 0.15) is 36.6 Å². The molecule has 0 aliphatic carbocycles. The fraction of sp³-hybridized carbons (Fsp3) is 0.240. The van der Waals surface area contributed by atoms with Crippen LogP contribution in [0.3, 0.4) is 0 Å². The highest BCUT2D eigenvalue weighted by molar-refractivity contribution is 9.10. The molecule has 0 unspecified atom stereocenters. The van der Waals surface area contributed by atoms with Gasteiger partial charge in [-0.05, 0) is 61.7 Å². The van der Waals surface area contributed by atoms with E-state index in [9.17, 15) is 9.59 Å². The summed E-state index contributed by atoms with van der Waals surface area (Å²) in [6.45, 7) is 5.74. The quantitative estimate of drug-likeness (QED) is 0.473. The van der Waals surface area contributed by atoms with Crippen molar-refractivity contribution in [3.63, 3.8) is 0 Å². The number of benzene rings is 2. The van der Waals surface area contributed by atoms with Crippen molar-refractivity contribution < 1.29 is 14.3 Å². The van der Waals surface area contributed by atoms with Crippen molar-refractivity contribution >= 4 is 39.3 Å². The van der Waals surface area contributed by atoms with Crippen molar-refractivity contribution in [2.45, 2.75) is 26.8 Å². The lowest BCUT2D eigenvalue weighted by Crippen LogP contribution is -2.39. The summed E-state index contributed by atoms with van der Waals surface area (Å²) in [6, 6.07) is 12.7. The number of nitrogens with zero attached hydrogens (tertiary/aromatic N) is 2. The van der Waals surface area contributed by atoms with Crippen LogP contribution in [0.25, 0.3) is 6.08 Å². The van der Waals surface area contributed by atoms with E-state index in [0.29, 0.717) is 20.6 Å². The minimum Gasteiger partial charge on any atom is -0.496 e. The Morgan fingerprint density at radius 1 is 1.24 bits per heavy atom. The molecule has 3 aromatic rings. The molecule has 0 bridgehead atoms. The number of aryl methyl sites for hydroxylation is 1. The highest BCUT2D eigenvalue weighted by Crippen LogP contribution is 2.32. The molecule has 0 amide bonds. The largest absolute Gasteiger partial charge is 0.496 e. The average molecular weight is 527 g/mol. The first kappa shape index (κ1) is 23.2. The lowest BCUT2D eigenvalue weighted by molar-refractivity contribution is -0.139. The van der Waals surface area contributed by atoms with Gasteiger partial charge in [0.2, 0.25) is 0 Å². The van der Waals surface area contributed by atoms with Gasteiger partial charge in [0.1, 0.15) is 5.75 Å². The fourth-order valence-corrected chi connectivity index (χ4v) is 5.32. The number of rotatable bonds is 5. The molecule has 1 aliphatic rings. The van der Waals surface area contributed by atoms with E-state index in [1.54, 1.807) is 25.5 Å². The Kier molecular flexibility index (Phi) is 6.67. The Morgan fingerprint density at radius 2 is 2.03 bits per heavy atom. The van der Waals surface area contributed by atoms with E-state index in [4.69, 9.17) is 9.47 Å². The number of fused-ring (bicyclic) bond motifs is 1. The standard InChI is InChI=1S/C25H23BrN2O4S/c1-5-32-24(30)21-15(3)27-25-28(22(21)17-7-6-8-18(26)13-17)23(29)20(33-25)12-16-10-9-14(2)19(11-16)31-4/h6-13,22H,5H2,1-4H3/b20-12-/t22-/m1/s1. The number of aromatic nitrogens is 1. The maximum Gasteiger partial charge on any atom is 0.338 e. The number of methoxy groups -OCH3 is 1. The van der Waals surface area contributed by atoms with Crippen LogP contribution in [0, 0.1) is 6.92 Å². The second-order valence-corrected chi connectivity index (χ2v) is 9.51. The zero-order valence-corrected chi connectivity index (χ0v) is 21.1. The number of carbonyl (C=O) groups excluding carboxylic acids is 1. The van der Waals surface area contributed by atoms with Crippen LogP contribution in [0.2, 0.25) is 0 Å². The second-order valence-electron chi connectivity index (χ2n) is 7.59. The number of hydrogen-bond donors (Lipinski definition) is 0. The van der Waals surface area contributed by atoms with Crippen molar-refractivity contribution in [3.8, 4) is 5.75 Å². The van der Waals surface area contributed by atoms with Gasteiger partial charge in [-0.25, -0.2) is 9.79 Å². The van der Waals surface area contributed by atoms with Gasteiger partial charge in [-0.1, -0.05) is 51.5 Å². The summed E-state index contributed by atoms with van der Waals surface area (Å²) in [5.41, 5.74) is 3.36. The summed E-state index contributed by atoms with van der Waals surface area (Å²) >= 11 is 4.80. The lowest BCUT2D eigenvalue weighted by Gasteiger charge is -2.24. The van der Waals surface area contributed by atoms with Gasteiger partial charge >= 0.3 is 5.97 Å². The van der Waals surface area contributed by atoms with Gasteiger partial charge in [-0.15, -0.1) is 0 Å². The molecule has 0 fully saturated rings. The Morgan fingerprint density at radius 3 is 2.73 bits per heavy atom. The van der Waals surface area contributed by atoms with Gasteiger partial charge in [-0.2, -0.15) is 0 Å². The molecule has 0 N–H and O–H groups in total. The molecule has 1 atom stereocenters. The molecule has 6 nitrogen and oxygen atoms in total. The fourth-order valence-electron chi connectivity index (χ4n) is 3.86. The first-order chi connectivity index (χ1) is 15.8. The molecule has 170 valence electrons. The van der Waals surface area contributed by atoms with E-state index in [-0.39, 0.29) is 12.2 Å².